The zero-order valence-corrected chi connectivity index (χ0v) is 19.7. The lowest BCUT2D eigenvalue weighted by molar-refractivity contribution is -0.140. The quantitative estimate of drug-likeness (QED) is 0.298. The van der Waals surface area contributed by atoms with Crippen LogP contribution >= 0.6 is 0 Å². The minimum Gasteiger partial charge on any atom is -0.481 e. The van der Waals surface area contributed by atoms with Gasteiger partial charge in [0.1, 0.15) is 11.9 Å². The minimum absolute atomic E-state index is 0.204. The number of aliphatic carboxylic acids is 2. The van der Waals surface area contributed by atoms with Gasteiger partial charge in [-0.15, -0.1) is 6.42 Å². The van der Waals surface area contributed by atoms with Gasteiger partial charge < -0.3 is 20.5 Å². The fraction of sp³-hybridized carbons (Fsp3) is 0.269. The number of carbonyl (C=O) groups is 3. The average molecular weight is 491 g/mol. The van der Waals surface area contributed by atoms with Gasteiger partial charge in [-0.05, 0) is 48.7 Å². The number of aromatic nitrogens is 2. The van der Waals surface area contributed by atoms with Crippen LogP contribution in [0.5, 0.6) is 0 Å². The van der Waals surface area contributed by atoms with E-state index in [1.165, 1.54) is 0 Å². The third-order valence-electron chi connectivity index (χ3n) is 5.48. The Morgan fingerprint density at radius 1 is 1.11 bits per heavy atom. The lowest BCUT2D eigenvalue weighted by atomic mass is 10.1. The van der Waals surface area contributed by atoms with Crippen LogP contribution in [0.4, 0.5) is 0 Å². The molecule has 1 atom stereocenters. The third-order valence-corrected chi connectivity index (χ3v) is 5.48. The molecule has 1 heterocycles. The normalized spacial score (nSPS) is 11.7. The van der Waals surface area contributed by atoms with E-state index in [1.54, 1.807) is 43.3 Å². The molecule has 0 aliphatic carbocycles. The molecule has 0 unspecified atom stereocenters. The van der Waals surface area contributed by atoms with E-state index in [-0.39, 0.29) is 24.0 Å². The van der Waals surface area contributed by atoms with E-state index in [9.17, 15) is 24.3 Å². The van der Waals surface area contributed by atoms with E-state index < -0.39 is 23.9 Å². The van der Waals surface area contributed by atoms with Crippen LogP contribution < -0.4 is 10.9 Å². The maximum Gasteiger partial charge on any atom is 0.326 e. The van der Waals surface area contributed by atoms with Crippen molar-refractivity contribution in [3.63, 3.8) is 0 Å². The molecule has 1 amide bonds. The molecule has 0 aliphatic rings. The minimum atomic E-state index is -1.30. The highest BCUT2D eigenvalue weighted by atomic mass is 16.4. The summed E-state index contributed by atoms with van der Waals surface area (Å²) in [4.78, 5) is 55.8. The fourth-order valence-corrected chi connectivity index (χ4v) is 3.74. The lowest BCUT2D eigenvalue weighted by Gasteiger charge is -2.20. The predicted molar refractivity (Wildman–Crippen MR) is 132 cm³/mol. The third kappa shape index (κ3) is 7.01. The first kappa shape index (κ1) is 26.1. The number of hydrogen-bond donors (Lipinski definition) is 4. The molecule has 186 valence electrons. The van der Waals surface area contributed by atoms with Gasteiger partial charge in [0.05, 0.1) is 17.4 Å². The smallest absolute Gasteiger partial charge is 0.326 e. The number of hydrogen-bond acceptors (Lipinski definition) is 6. The Labute approximate surface area is 207 Å². The topological polar surface area (TPSA) is 153 Å². The molecule has 0 spiro atoms. The van der Waals surface area contributed by atoms with E-state index in [1.807, 2.05) is 11.0 Å². The van der Waals surface area contributed by atoms with Crippen LogP contribution in [0.25, 0.3) is 10.9 Å². The first-order valence-corrected chi connectivity index (χ1v) is 11.2. The maximum atomic E-state index is 12.4. The number of benzene rings is 2. The number of nitrogens with zero attached hydrogens (tertiary/aromatic N) is 2. The van der Waals surface area contributed by atoms with Gasteiger partial charge in [-0.1, -0.05) is 24.1 Å². The molecule has 4 N–H and O–H groups in total. The van der Waals surface area contributed by atoms with Crippen molar-refractivity contribution < 1.29 is 24.6 Å². The van der Waals surface area contributed by atoms with E-state index in [2.05, 4.69) is 21.2 Å². The number of carboxylic acids is 2. The first-order valence-electron chi connectivity index (χ1n) is 11.2. The molecular formula is C26H26N4O6. The summed E-state index contributed by atoms with van der Waals surface area (Å²) in [6, 6.07) is 10.8. The van der Waals surface area contributed by atoms with Crippen LogP contribution in [0.1, 0.15) is 40.2 Å². The summed E-state index contributed by atoms with van der Waals surface area (Å²) in [6.07, 6.45) is 4.96. The molecule has 0 radical (unpaired) electrons. The molecule has 36 heavy (non-hydrogen) atoms. The van der Waals surface area contributed by atoms with Gasteiger partial charge in [0, 0.05) is 25.1 Å². The lowest BCUT2D eigenvalue weighted by Crippen LogP contribution is -2.41. The molecule has 0 bridgehead atoms. The van der Waals surface area contributed by atoms with Gasteiger partial charge in [0.15, 0.2) is 0 Å². The van der Waals surface area contributed by atoms with Crippen LogP contribution in [0.2, 0.25) is 0 Å². The van der Waals surface area contributed by atoms with Crippen molar-refractivity contribution in [1.29, 1.82) is 0 Å². The second kappa shape index (κ2) is 11.8. The SMILES string of the molecule is C#CCN(Cc1ccc(C(=O)N[C@@H](CCC(=O)O)C(=O)O)cc1)Cc1ccc2nc(C)[nH]c(=O)c2c1. The second-order valence-corrected chi connectivity index (χ2v) is 8.35. The van der Waals surface area contributed by atoms with E-state index in [0.29, 0.717) is 36.4 Å². The number of amides is 1. The first-order chi connectivity index (χ1) is 17.2. The molecule has 1 aromatic heterocycles. The zero-order chi connectivity index (χ0) is 26.2. The van der Waals surface area contributed by atoms with E-state index >= 15 is 0 Å². The van der Waals surface area contributed by atoms with Crippen molar-refractivity contribution in [3.05, 3.63) is 75.3 Å². The number of aromatic amines is 1. The summed E-state index contributed by atoms with van der Waals surface area (Å²) in [6.45, 7) is 3.04. The molecule has 10 nitrogen and oxygen atoms in total. The Bertz CT molecular complexity index is 1370. The van der Waals surface area contributed by atoms with E-state index in [0.717, 1.165) is 11.1 Å². The molecule has 10 heteroatoms. The highest BCUT2D eigenvalue weighted by Crippen LogP contribution is 2.15. The molecule has 3 rings (SSSR count). The van der Waals surface area contributed by atoms with Crippen LogP contribution in [0.3, 0.4) is 0 Å². The Kier molecular flexibility index (Phi) is 8.54. The van der Waals surface area contributed by atoms with Gasteiger partial charge in [-0.2, -0.15) is 0 Å². The summed E-state index contributed by atoms with van der Waals surface area (Å²) in [7, 11) is 0. The van der Waals surface area contributed by atoms with Crippen LogP contribution in [-0.4, -0.2) is 55.5 Å². The molecule has 0 saturated carbocycles. The molecule has 2 aromatic carbocycles. The molecule has 0 aliphatic heterocycles. The van der Waals surface area contributed by atoms with Gasteiger partial charge in [0.25, 0.3) is 11.5 Å². The van der Waals surface area contributed by atoms with Crippen molar-refractivity contribution >= 4 is 28.7 Å². The van der Waals surface area contributed by atoms with E-state index in [4.69, 9.17) is 11.5 Å². The van der Waals surface area contributed by atoms with Gasteiger partial charge >= 0.3 is 11.9 Å². The highest BCUT2D eigenvalue weighted by molar-refractivity contribution is 5.96. The second-order valence-electron chi connectivity index (χ2n) is 8.35. The largest absolute Gasteiger partial charge is 0.481 e. The van der Waals surface area contributed by atoms with Crippen LogP contribution in [0.15, 0.2) is 47.3 Å². The number of rotatable bonds is 11. The van der Waals surface area contributed by atoms with Crippen molar-refractivity contribution in [2.75, 3.05) is 6.54 Å². The summed E-state index contributed by atoms with van der Waals surface area (Å²) in [5.74, 6) is 0.132. The summed E-state index contributed by atoms with van der Waals surface area (Å²) >= 11 is 0. The maximum absolute atomic E-state index is 12.4. The number of fused-ring (bicyclic) bond motifs is 1. The summed E-state index contributed by atoms with van der Waals surface area (Å²) < 4.78 is 0. The Morgan fingerprint density at radius 2 is 1.78 bits per heavy atom. The number of H-pyrrole nitrogens is 1. The van der Waals surface area contributed by atoms with Crippen LogP contribution in [-0.2, 0) is 22.7 Å². The zero-order valence-electron chi connectivity index (χ0n) is 19.7. The Morgan fingerprint density at radius 3 is 2.42 bits per heavy atom. The molecule has 0 saturated heterocycles. The predicted octanol–water partition coefficient (Wildman–Crippen LogP) is 1.91. The number of nitrogens with one attached hydrogen (secondary N) is 2. The van der Waals surface area contributed by atoms with Crippen molar-refractivity contribution in [3.8, 4) is 12.3 Å². The number of carbonyl (C=O) groups excluding carboxylic acids is 1. The van der Waals surface area contributed by atoms with Crippen LogP contribution in [0, 0.1) is 19.3 Å². The Hall–Kier alpha value is -4.49. The molecular weight excluding hydrogens is 464 g/mol. The summed E-state index contributed by atoms with van der Waals surface area (Å²) in [5.41, 5.74) is 2.43. The molecule has 3 aromatic rings. The number of carboxylic acid groups (broad SMARTS) is 2. The monoisotopic (exact) mass is 490 g/mol. The average Bonchev–Trinajstić information content (AvgIpc) is 2.82. The van der Waals surface area contributed by atoms with Crippen molar-refractivity contribution in [1.82, 2.24) is 20.2 Å². The van der Waals surface area contributed by atoms with Crippen molar-refractivity contribution in [2.24, 2.45) is 0 Å². The number of terminal acetylenes is 1. The van der Waals surface area contributed by atoms with Gasteiger partial charge in [-0.3, -0.25) is 19.3 Å². The van der Waals surface area contributed by atoms with Crippen molar-refractivity contribution in [2.45, 2.75) is 38.9 Å². The van der Waals surface area contributed by atoms with Gasteiger partial charge in [-0.25, -0.2) is 9.78 Å². The number of aryl methyl sites for hydroxylation is 1. The standard InChI is InChI=1S/C26H26N4O6/c1-3-12-30(15-18-6-9-21-20(13-18)25(34)28-16(2)27-21)14-17-4-7-19(8-5-17)24(33)29-22(26(35)36)10-11-23(31)32/h1,4-9,13,22H,10-12,14-15H2,2H3,(H,29,33)(H,31,32)(H,35,36)(H,27,28,34)/t22-/m0/s1. The Balaban J connectivity index is 1.68. The van der Waals surface area contributed by atoms with Gasteiger partial charge in [0.2, 0.25) is 0 Å². The molecule has 0 fully saturated rings. The highest BCUT2D eigenvalue weighted by Gasteiger charge is 2.21. The fourth-order valence-electron chi connectivity index (χ4n) is 3.74. The summed E-state index contributed by atoms with van der Waals surface area (Å²) in [5, 5.41) is 20.8.